The maximum absolute atomic E-state index is 2.50. The van der Waals surface area contributed by atoms with Crippen molar-refractivity contribution in [1.29, 1.82) is 0 Å². The molecular weight excluding hydrogens is 168 g/mol. The van der Waals surface area contributed by atoms with Crippen LogP contribution in [0.5, 0.6) is 0 Å². The van der Waals surface area contributed by atoms with Gasteiger partial charge in [-0.1, -0.05) is 38.3 Å². The van der Waals surface area contributed by atoms with E-state index in [-0.39, 0.29) is 0 Å². The van der Waals surface area contributed by atoms with Crippen LogP contribution in [0, 0.1) is 17.8 Å². The van der Waals surface area contributed by atoms with Crippen molar-refractivity contribution >= 4 is 0 Å². The number of hydrogen-bond acceptors (Lipinski definition) is 0. The van der Waals surface area contributed by atoms with Crippen molar-refractivity contribution in [1.82, 2.24) is 0 Å². The van der Waals surface area contributed by atoms with E-state index in [1.165, 1.54) is 51.4 Å². The summed E-state index contributed by atoms with van der Waals surface area (Å²) in [5.74, 6) is 3.08. The zero-order valence-electron chi connectivity index (χ0n) is 9.54. The molecule has 14 heavy (non-hydrogen) atoms. The van der Waals surface area contributed by atoms with E-state index >= 15 is 0 Å². The lowest BCUT2D eigenvalue weighted by atomic mass is 9.69. The summed E-state index contributed by atoms with van der Waals surface area (Å²) >= 11 is 0. The highest BCUT2D eigenvalue weighted by Gasteiger charge is 2.29. The van der Waals surface area contributed by atoms with E-state index in [2.05, 4.69) is 19.1 Å². The largest absolute Gasteiger partial charge is 0.0882 e. The van der Waals surface area contributed by atoms with Gasteiger partial charge in [0.2, 0.25) is 0 Å². The van der Waals surface area contributed by atoms with Crippen molar-refractivity contribution in [2.75, 3.05) is 0 Å². The lowest BCUT2D eigenvalue weighted by molar-refractivity contribution is 0.187. The highest BCUT2D eigenvalue weighted by atomic mass is 14.3. The fourth-order valence-electron chi connectivity index (χ4n) is 3.31. The van der Waals surface area contributed by atoms with Gasteiger partial charge in [-0.05, 0) is 49.9 Å². The molecule has 1 saturated carbocycles. The van der Waals surface area contributed by atoms with E-state index in [0.717, 1.165) is 17.8 Å². The Bertz CT molecular complexity index is 192. The van der Waals surface area contributed by atoms with E-state index in [0.29, 0.717) is 0 Å². The second-order valence-electron chi connectivity index (χ2n) is 5.25. The normalized spacial score (nSPS) is 36.8. The van der Waals surface area contributed by atoms with E-state index in [9.17, 15) is 0 Å². The molecule has 2 aliphatic rings. The lowest BCUT2D eigenvalue weighted by Crippen LogP contribution is -2.25. The first-order valence-corrected chi connectivity index (χ1v) is 6.56. The van der Waals surface area contributed by atoms with Crippen LogP contribution < -0.4 is 0 Å². The Hall–Kier alpha value is -0.260. The Balaban J connectivity index is 1.81. The summed E-state index contributed by atoms with van der Waals surface area (Å²) in [7, 11) is 0. The molecule has 0 aromatic heterocycles. The zero-order chi connectivity index (χ0) is 9.80. The summed E-state index contributed by atoms with van der Waals surface area (Å²) in [6.07, 6.45) is 16.6. The Kier molecular flexibility index (Phi) is 3.67. The van der Waals surface area contributed by atoms with E-state index in [4.69, 9.17) is 0 Å². The topological polar surface area (TPSA) is 0 Å². The van der Waals surface area contributed by atoms with Crippen molar-refractivity contribution in [3.63, 3.8) is 0 Å². The quantitative estimate of drug-likeness (QED) is 0.575. The standard InChI is InChI=1S/C14H24/c1-2-3-6-12-9-10-13-7-4-5-8-14(13)11-12/h4,7,12-14H,2-3,5-6,8-11H2,1H3. The van der Waals surface area contributed by atoms with Gasteiger partial charge >= 0.3 is 0 Å². The zero-order valence-corrected chi connectivity index (χ0v) is 9.54. The second-order valence-corrected chi connectivity index (χ2v) is 5.25. The van der Waals surface area contributed by atoms with Gasteiger partial charge in [-0.25, -0.2) is 0 Å². The predicted molar refractivity (Wildman–Crippen MR) is 62.2 cm³/mol. The molecule has 0 N–H and O–H groups in total. The molecule has 3 atom stereocenters. The molecule has 0 nitrogen and oxygen atoms in total. The Morgan fingerprint density at radius 2 is 2.14 bits per heavy atom. The molecule has 0 amide bonds. The fraction of sp³-hybridized carbons (Fsp3) is 0.857. The molecule has 2 rings (SSSR count). The van der Waals surface area contributed by atoms with Gasteiger partial charge in [0, 0.05) is 0 Å². The van der Waals surface area contributed by atoms with Crippen LogP contribution in [0.1, 0.15) is 58.3 Å². The highest BCUT2D eigenvalue weighted by Crippen LogP contribution is 2.41. The van der Waals surface area contributed by atoms with Crippen LogP contribution in [0.15, 0.2) is 12.2 Å². The average molecular weight is 192 g/mol. The molecule has 0 spiro atoms. The Morgan fingerprint density at radius 3 is 3.00 bits per heavy atom. The number of hydrogen-bond donors (Lipinski definition) is 0. The van der Waals surface area contributed by atoms with E-state index < -0.39 is 0 Å². The van der Waals surface area contributed by atoms with Gasteiger partial charge in [0.05, 0.1) is 0 Å². The minimum atomic E-state index is 0.960. The third-order valence-corrected chi connectivity index (χ3v) is 4.20. The average Bonchev–Trinajstić information content (AvgIpc) is 2.26. The lowest BCUT2D eigenvalue weighted by Gasteiger charge is -2.36. The summed E-state index contributed by atoms with van der Waals surface area (Å²) in [5.41, 5.74) is 0. The van der Waals surface area contributed by atoms with Crippen LogP contribution in [-0.2, 0) is 0 Å². The molecule has 0 aromatic carbocycles. The van der Waals surface area contributed by atoms with Gasteiger partial charge in [-0.3, -0.25) is 0 Å². The van der Waals surface area contributed by atoms with Crippen molar-refractivity contribution in [3.05, 3.63) is 12.2 Å². The number of allylic oxidation sites excluding steroid dienone is 2. The van der Waals surface area contributed by atoms with E-state index in [1.54, 1.807) is 0 Å². The molecule has 80 valence electrons. The molecule has 2 aliphatic carbocycles. The van der Waals surface area contributed by atoms with Crippen molar-refractivity contribution < 1.29 is 0 Å². The summed E-state index contributed by atoms with van der Waals surface area (Å²) < 4.78 is 0. The summed E-state index contributed by atoms with van der Waals surface area (Å²) in [4.78, 5) is 0. The van der Waals surface area contributed by atoms with E-state index in [1.807, 2.05) is 0 Å². The second kappa shape index (κ2) is 5.00. The van der Waals surface area contributed by atoms with Gasteiger partial charge < -0.3 is 0 Å². The van der Waals surface area contributed by atoms with Crippen LogP contribution in [0.3, 0.4) is 0 Å². The number of unbranched alkanes of at least 4 members (excludes halogenated alkanes) is 1. The predicted octanol–water partition coefficient (Wildman–Crippen LogP) is 4.56. The molecular formula is C14H24. The molecule has 0 aromatic rings. The molecule has 0 heteroatoms. The first-order valence-electron chi connectivity index (χ1n) is 6.56. The van der Waals surface area contributed by atoms with Crippen LogP contribution >= 0.6 is 0 Å². The van der Waals surface area contributed by atoms with Crippen LogP contribution in [0.25, 0.3) is 0 Å². The molecule has 0 bridgehead atoms. The maximum Gasteiger partial charge on any atom is -0.0205 e. The van der Waals surface area contributed by atoms with Crippen LogP contribution in [0.2, 0.25) is 0 Å². The molecule has 0 radical (unpaired) electrons. The van der Waals surface area contributed by atoms with Crippen LogP contribution in [0.4, 0.5) is 0 Å². The Labute approximate surface area is 88.8 Å². The molecule has 0 saturated heterocycles. The van der Waals surface area contributed by atoms with Gasteiger partial charge in [-0.2, -0.15) is 0 Å². The first kappa shape index (κ1) is 10.3. The monoisotopic (exact) mass is 192 g/mol. The summed E-state index contributed by atoms with van der Waals surface area (Å²) in [6, 6.07) is 0. The smallest absolute Gasteiger partial charge is 0.0205 e. The fourth-order valence-corrected chi connectivity index (χ4v) is 3.31. The maximum atomic E-state index is 2.50. The first-order chi connectivity index (χ1) is 6.90. The third-order valence-electron chi connectivity index (χ3n) is 4.20. The SMILES string of the molecule is CCCCC1CCC2C=CCCC2C1. The van der Waals surface area contributed by atoms with Gasteiger partial charge in [0.15, 0.2) is 0 Å². The minimum absolute atomic E-state index is 0.960. The van der Waals surface area contributed by atoms with Crippen molar-refractivity contribution in [2.24, 2.45) is 17.8 Å². The van der Waals surface area contributed by atoms with Crippen molar-refractivity contribution in [3.8, 4) is 0 Å². The Morgan fingerprint density at radius 1 is 1.21 bits per heavy atom. The van der Waals surface area contributed by atoms with Crippen LogP contribution in [-0.4, -0.2) is 0 Å². The minimum Gasteiger partial charge on any atom is -0.0882 e. The molecule has 0 heterocycles. The van der Waals surface area contributed by atoms with Crippen molar-refractivity contribution in [2.45, 2.75) is 58.3 Å². The molecule has 1 fully saturated rings. The molecule has 0 aliphatic heterocycles. The summed E-state index contributed by atoms with van der Waals surface area (Å²) in [5, 5.41) is 0. The van der Waals surface area contributed by atoms with Gasteiger partial charge in [0.25, 0.3) is 0 Å². The third kappa shape index (κ3) is 2.40. The van der Waals surface area contributed by atoms with Gasteiger partial charge in [0.1, 0.15) is 0 Å². The summed E-state index contributed by atoms with van der Waals surface area (Å²) in [6.45, 7) is 2.31. The molecule has 3 unspecified atom stereocenters. The highest BCUT2D eigenvalue weighted by molar-refractivity contribution is 4.99. The number of fused-ring (bicyclic) bond motifs is 1. The van der Waals surface area contributed by atoms with Gasteiger partial charge in [-0.15, -0.1) is 0 Å². The number of rotatable bonds is 3.